The fourth-order valence-electron chi connectivity index (χ4n) is 1.82. The molecular formula is C16H18FNO4S. The molecule has 0 bridgehead atoms. The predicted octanol–water partition coefficient (Wildman–Crippen LogP) is 2.33. The van der Waals surface area contributed by atoms with Gasteiger partial charge < -0.3 is 9.47 Å². The summed E-state index contributed by atoms with van der Waals surface area (Å²) in [4.78, 5) is 0.138. The second-order valence-electron chi connectivity index (χ2n) is 4.76. The largest absolute Gasteiger partial charge is 0.491 e. The predicted molar refractivity (Wildman–Crippen MR) is 84.2 cm³/mol. The Morgan fingerprint density at radius 1 is 1.00 bits per heavy atom. The minimum atomic E-state index is -3.63. The average Bonchev–Trinajstić information content (AvgIpc) is 2.55. The first-order valence-corrected chi connectivity index (χ1v) is 8.45. The van der Waals surface area contributed by atoms with Crippen LogP contribution in [0.3, 0.4) is 0 Å². The molecule has 0 radical (unpaired) electrons. The second-order valence-corrected chi connectivity index (χ2v) is 6.53. The van der Waals surface area contributed by atoms with Crippen LogP contribution in [0.15, 0.2) is 53.4 Å². The molecule has 2 rings (SSSR count). The van der Waals surface area contributed by atoms with Crippen LogP contribution in [0.5, 0.6) is 5.75 Å². The topological polar surface area (TPSA) is 64.6 Å². The number of nitrogens with one attached hydrogen (secondary N) is 1. The van der Waals surface area contributed by atoms with Crippen LogP contribution in [-0.4, -0.2) is 28.7 Å². The lowest BCUT2D eigenvalue weighted by atomic mass is 10.2. The number of benzene rings is 2. The van der Waals surface area contributed by atoms with Crippen LogP contribution >= 0.6 is 0 Å². The third kappa shape index (κ3) is 5.31. The van der Waals surface area contributed by atoms with Crippen molar-refractivity contribution in [3.05, 3.63) is 59.9 Å². The van der Waals surface area contributed by atoms with Crippen molar-refractivity contribution in [1.82, 2.24) is 4.72 Å². The normalized spacial score (nSPS) is 11.4. The van der Waals surface area contributed by atoms with Crippen molar-refractivity contribution in [2.75, 3.05) is 20.3 Å². The van der Waals surface area contributed by atoms with E-state index in [0.29, 0.717) is 24.5 Å². The van der Waals surface area contributed by atoms with Gasteiger partial charge in [0.25, 0.3) is 0 Å². The lowest BCUT2D eigenvalue weighted by Crippen LogP contribution is -2.23. The molecule has 2 aromatic carbocycles. The van der Waals surface area contributed by atoms with E-state index in [4.69, 9.17) is 9.47 Å². The molecule has 5 nitrogen and oxygen atoms in total. The number of hydrogen-bond donors (Lipinski definition) is 1. The molecule has 0 aliphatic carbocycles. The third-order valence-electron chi connectivity index (χ3n) is 3.07. The van der Waals surface area contributed by atoms with Crippen molar-refractivity contribution in [1.29, 1.82) is 0 Å². The van der Waals surface area contributed by atoms with Crippen molar-refractivity contribution >= 4 is 10.0 Å². The molecule has 0 spiro atoms. The van der Waals surface area contributed by atoms with Gasteiger partial charge in [-0.05, 0) is 42.0 Å². The van der Waals surface area contributed by atoms with Gasteiger partial charge in [-0.25, -0.2) is 17.5 Å². The Balaban J connectivity index is 1.97. The summed E-state index contributed by atoms with van der Waals surface area (Å²) in [5, 5.41) is 0. The highest BCUT2D eigenvalue weighted by atomic mass is 32.2. The van der Waals surface area contributed by atoms with Crippen molar-refractivity contribution in [2.45, 2.75) is 11.4 Å². The maximum Gasteiger partial charge on any atom is 0.240 e. The Morgan fingerprint density at radius 3 is 2.26 bits per heavy atom. The van der Waals surface area contributed by atoms with E-state index in [9.17, 15) is 12.8 Å². The smallest absolute Gasteiger partial charge is 0.240 e. The molecule has 0 amide bonds. The van der Waals surface area contributed by atoms with Crippen LogP contribution in [-0.2, 0) is 21.3 Å². The average molecular weight is 339 g/mol. The minimum absolute atomic E-state index is 0.0920. The molecule has 0 fully saturated rings. The highest BCUT2D eigenvalue weighted by Gasteiger charge is 2.13. The molecule has 124 valence electrons. The van der Waals surface area contributed by atoms with Gasteiger partial charge in [-0.15, -0.1) is 0 Å². The van der Waals surface area contributed by atoms with Crippen LogP contribution in [0.4, 0.5) is 4.39 Å². The van der Waals surface area contributed by atoms with E-state index in [2.05, 4.69) is 4.72 Å². The lowest BCUT2D eigenvalue weighted by Gasteiger charge is -2.09. The molecule has 0 aliphatic heterocycles. The number of halogens is 1. The SMILES string of the molecule is COCCOc1ccc(S(=O)(=O)NCc2ccc(F)cc2)cc1. The monoisotopic (exact) mass is 339 g/mol. The Kier molecular flexibility index (Phi) is 6.09. The molecule has 7 heteroatoms. The quantitative estimate of drug-likeness (QED) is 0.750. The van der Waals surface area contributed by atoms with Crippen molar-refractivity contribution in [3.63, 3.8) is 0 Å². The van der Waals surface area contributed by atoms with Crippen LogP contribution < -0.4 is 9.46 Å². The van der Waals surface area contributed by atoms with Gasteiger partial charge >= 0.3 is 0 Å². The maximum absolute atomic E-state index is 12.8. The van der Waals surface area contributed by atoms with E-state index in [-0.39, 0.29) is 17.3 Å². The molecule has 0 saturated carbocycles. The Bertz CT molecular complexity index is 715. The van der Waals surface area contributed by atoms with Gasteiger partial charge in [-0.1, -0.05) is 12.1 Å². The van der Waals surface area contributed by atoms with Crippen LogP contribution in [0.2, 0.25) is 0 Å². The van der Waals surface area contributed by atoms with E-state index < -0.39 is 10.0 Å². The number of methoxy groups -OCH3 is 1. The summed E-state index contributed by atoms with van der Waals surface area (Å²) in [5.41, 5.74) is 0.675. The molecule has 0 aliphatic rings. The molecule has 0 aromatic heterocycles. The van der Waals surface area contributed by atoms with E-state index in [1.54, 1.807) is 19.2 Å². The molecule has 1 N–H and O–H groups in total. The highest BCUT2D eigenvalue weighted by Crippen LogP contribution is 2.16. The number of hydrogen-bond acceptors (Lipinski definition) is 4. The molecule has 23 heavy (non-hydrogen) atoms. The zero-order valence-electron chi connectivity index (χ0n) is 12.7. The highest BCUT2D eigenvalue weighted by molar-refractivity contribution is 7.89. The Hall–Kier alpha value is -1.96. The summed E-state index contributed by atoms with van der Waals surface area (Å²) < 4.78 is 49.9. The van der Waals surface area contributed by atoms with Crippen LogP contribution in [0, 0.1) is 5.82 Å². The van der Waals surface area contributed by atoms with E-state index in [1.807, 2.05) is 0 Å². The third-order valence-corrected chi connectivity index (χ3v) is 4.49. The van der Waals surface area contributed by atoms with E-state index in [1.165, 1.54) is 36.4 Å². The minimum Gasteiger partial charge on any atom is -0.491 e. The van der Waals surface area contributed by atoms with E-state index >= 15 is 0 Å². The first-order chi connectivity index (χ1) is 11.0. The van der Waals surface area contributed by atoms with Gasteiger partial charge in [-0.2, -0.15) is 0 Å². The zero-order chi connectivity index (χ0) is 16.7. The Morgan fingerprint density at radius 2 is 1.65 bits per heavy atom. The van der Waals surface area contributed by atoms with Gasteiger partial charge in [0.2, 0.25) is 10.0 Å². The summed E-state index contributed by atoms with van der Waals surface area (Å²) >= 11 is 0. The molecule has 0 saturated heterocycles. The second kappa shape index (κ2) is 8.05. The summed E-state index contributed by atoms with van der Waals surface area (Å²) in [6.45, 7) is 0.944. The summed E-state index contributed by atoms with van der Waals surface area (Å²) in [6.07, 6.45) is 0. The Labute approximate surface area is 135 Å². The van der Waals surface area contributed by atoms with Gasteiger partial charge in [0.15, 0.2) is 0 Å². The van der Waals surface area contributed by atoms with Gasteiger partial charge in [0.1, 0.15) is 18.2 Å². The number of ether oxygens (including phenoxy) is 2. The van der Waals surface area contributed by atoms with Gasteiger partial charge in [0.05, 0.1) is 11.5 Å². The molecule has 0 atom stereocenters. The molecule has 0 unspecified atom stereocenters. The van der Waals surface area contributed by atoms with Crippen LogP contribution in [0.25, 0.3) is 0 Å². The lowest BCUT2D eigenvalue weighted by molar-refractivity contribution is 0.146. The van der Waals surface area contributed by atoms with Gasteiger partial charge in [0, 0.05) is 13.7 Å². The van der Waals surface area contributed by atoms with Crippen LogP contribution in [0.1, 0.15) is 5.56 Å². The molecule has 0 heterocycles. The number of rotatable bonds is 8. The maximum atomic E-state index is 12.8. The zero-order valence-corrected chi connectivity index (χ0v) is 13.5. The first-order valence-electron chi connectivity index (χ1n) is 6.97. The van der Waals surface area contributed by atoms with E-state index in [0.717, 1.165) is 0 Å². The number of sulfonamides is 1. The summed E-state index contributed by atoms with van der Waals surface area (Å²) in [7, 11) is -2.06. The first kappa shape index (κ1) is 17.4. The summed E-state index contributed by atoms with van der Waals surface area (Å²) in [5.74, 6) is 0.209. The van der Waals surface area contributed by atoms with Crippen molar-refractivity contribution in [2.24, 2.45) is 0 Å². The fourth-order valence-corrected chi connectivity index (χ4v) is 2.84. The van der Waals surface area contributed by atoms with Crippen molar-refractivity contribution < 1.29 is 22.3 Å². The molecule has 2 aromatic rings. The summed E-state index contributed by atoms with van der Waals surface area (Å²) in [6, 6.07) is 11.7. The standard InChI is InChI=1S/C16H18FNO4S/c1-21-10-11-22-15-6-8-16(9-7-15)23(19,20)18-12-13-2-4-14(17)5-3-13/h2-9,18H,10-12H2,1H3. The fraction of sp³-hybridized carbons (Fsp3) is 0.250. The molecular weight excluding hydrogens is 321 g/mol. The van der Waals surface area contributed by atoms with Gasteiger partial charge in [-0.3, -0.25) is 0 Å². The van der Waals surface area contributed by atoms with Crippen molar-refractivity contribution in [3.8, 4) is 5.75 Å².